The van der Waals surface area contributed by atoms with Crippen molar-refractivity contribution in [1.29, 1.82) is 0 Å². The average Bonchev–Trinajstić information content (AvgIpc) is 3.05. The number of hydrogen-bond acceptors (Lipinski definition) is 4. The van der Waals surface area contributed by atoms with E-state index in [0.717, 1.165) is 16.8 Å². The molecular weight excluding hydrogens is 298 g/mol. The van der Waals surface area contributed by atoms with E-state index in [-0.39, 0.29) is 5.91 Å². The van der Waals surface area contributed by atoms with Crippen LogP contribution in [0.5, 0.6) is 11.5 Å². The van der Waals surface area contributed by atoms with E-state index in [4.69, 9.17) is 9.47 Å². The molecule has 0 aliphatic heterocycles. The molecular formula is C17H25NO3S. The summed E-state index contributed by atoms with van der Waals surface area (Å²) in [4.78, 5) is 12.0. The van der Waals surface area contributed by atoms with Gasteiger partial charge in [0.1, 0.15) is 11.5 Å². The Labute approximate surface area is 137 Å². The molecule has 1 fully saturated rings. The van der Waals surface area contributed by atoms with Crippen molar-refractivity contribution < 1.29 is 14.3 Å². The Morgan fingerprint density at radius 2 is 1.91 bits per heavy atom. The van der Waals surface area contributed by atoms with Gasteiger partial charge in [-0.3, -0.25) is 4.79 Å². The summed E-state index contributed by atoms with van der Waals surface area (Å²) >= 11 is 1.98. The van der Waals surface area contributed by atoms with Crippen LogP contribution in [0.2, 0.25) is 0 Å². The summed E-state index contributed by atoms with van der Waals surface area (Å²) in [5.41, 5.74) is 0. The first-order valence-corrected chi connectivity index (χ1v) is 8.94. The predicted molar refractivity (Wildman–Crippen MR) is 90.8 cm³/mol. The zero-order valence-corrected chi connectivity index (χ0v) is 14.2. The van der Waals surface area contributed by atoms with Crippen LogP contribution in [-0.4, -0.2) is 36.7 Å². The molecule has 0 unspecified atom stereocenters. The van der Waals surface area contributed by atoms with E-state index < -0.39 is 6.10 Å². The van der Waals surface area contributed by atoms with Crippen molar-refractivity contribution in [3.8, 4) is 11.5 Å². The molecule has 1 N–H and O–H groups in total. The zero-order valence-electron chi connectivity index (χ0n) is 13.3. The minimum atomic E-state index is -0.495. The number of thioether (sulfide) groups is 1. The highest BCUT2D eigenvalue weighted by Gasteiger charge is 2.16. The van der Waals surface area contributed by atoms with Crippen LogP contribution in [0.1, 0.15) is 32.6 Å². The van der Waals surface area contributed by atoms with Crippen molar-refractivity contribution in [2.45, 2.75) is 44.0 Å². The van der Waals surface area contributed by atoms with Gasteiger partial charge in [-0.25, -0.2) is 0 Å². The summed E-state index contributed by atoms with van der Waals surface area (Å²) in [7, 11) is 1.62. The Kier molecular flexibility index (Phi) is 6.90. The molecule has 0 bridgehead atoms. The van der Waals surface area contributed by atoms with E-state index >= 15 is 0 Å². The van der Waals surface area contributed by atoms with Gasteiger partial charge < -0.3 is 14.8 Å². The smallest absolute Gasteiger partial charge is 0.260 e. The normalized spacial score (nSPS) is 16.3. The minimum Gasteiger partial charge on any atom is -0.497 e. The zero-order chi connectivity index (χ0) is 15.8. The number of ether oxygens (including phenoxy) is 2. The number of amides is 1. The monoisotopic (exact) mass is 323 g/mol. The molecule has 1 aromatic rings. The summed E-state index contributed by atoms with van der Waals surface area (Å²) in [5, 5.41) is 3.74. The predicted octanol–water partition coefficient (Wildman–Crippen LogP) is 3.25. The number of rotatable bonds is 8. The molecule has 0 heterocycles. The molecule has 0 aromatic heterocycles. The molecule has 0 radical (unpaired) electrons. The molecule has 2 rings (SSSR count). The van der Waals surface area contributed by atoms with Gasteiger partial charge in [0.05, 0.1) is 7.11 Å². The van der Waals surface area contributed by atoms with Crippen molar-refractivity contribution in [3.63, 3.8) is 0 Å². The van der Waals surface area contributed by atoms with Gasteiger partial charge in [-0.05, 0) is 44.0 Å². The fourth-order valence-corrected chi connectivity index (χ4v) is 3.73. The summed E-state index contributed by atoms with van der Waals surface area (Å²) < 4.78 is 10.7. The number of carbonyl (C=O) groups excluding carboxylic acids is 1. The summed E-state index contributed by atoms with van der Waals surface area (Å²) in [6.07, 6.45) is 4.88. The number of hydrogen-bond donors (Lipinski definition) is 1. The maximum Gasteiger partial charge on any atom is 0.260 e. The maximum atomic E-state index is 12.0. The number of nitrogens with one attached hydrogen (secondary N) is 1. The maximum absolute atomic E-state index is 12.0. The lowest BCUT2D eigenvalue weighted by atomic mass is 10.3. The Morgan fingerprint density at radius 3 is 2.55 bits per heavy atom. The van der Waals surface area contributed by atoms with Gasteiger partial charge in [0, 0.05) is 17.5 Å². The largest absolute Gasteiger partial charge is 0.497 e. The van der Waals surface area contributed by atoms with Crippen LogP contribution in [0, 0.1) is 0 Å². The number of methoxy groups -OCH3 is 1. The van der Waals surface area contributed by atoms with Gasteiger partial charge in [0.15, 0.2) is 6.10 Å². The lowest BCUT2D eigenvalue weighted by Gasteiger charge is -2.15. The van der Waals surface area contributed by atoms with Gasteiger partial charge in [-0.1, -0.05) is 12.8 Å². The SMILES string of the molecule is COc1ccc(O[C@H](C)C(=O)NCCSC2CCCC2)cc1. The minimum absolute atomic E-state index is 0.0668. The van der Waals surface area contributed by atoms with E-state index in [2.05, 4.69) is 5.32 Å². The lowest BCUT2D eigenvalue weighted by Crippen LogP contribution is -2.37. The lowest BCUT2D eigenvalue weighted by molar-refractivity contribution is -0.127. The number of benzene rings is 1. The molecule has 1 saturated carbocycles. The van der Waals surface area contributed by atoms with Crippen molar-refractivity contribution in [1.82, 2.24) is 5.32 Å². The third kappa shape index (κ3) is 5.44. The van der Waals surface area contributed by atoms with Crippen LogP contribution >= 0.6 is 11.8 Å². The van der Waals surface area contributed by atoms with Crippen LogP contribution < -0.4 is 14.8 Å². The van der Waals surface area contributed by atoms with Gasteiger partial charge in [-0.15, -0.1) is 0 Å². The molecule has 22 heavy (non-hydrogen) atoms. The molecule has 1 aliphatic carbocycles. The third-order valence-corrected chi connectivity index (χ3v) is 5.18. The van der Waals surface area contributed by atoms with E-state index in [1.807, 2.05) is 23.9 Å². The fraction of sp³-hybridized carbons (Fsp3) is 0.588. The Morgan fingerprint density at radius 1 is 1.27 bits per heavy atom. The molecule has 1 atom stereocenters. The fourth-order valence-electron chi connectivity index (χ4n) is 2.51. The Hall–Kier alpha value is -1.36. The molecule has 0 spiro atoms. The van der Waals surface area contributed by atoms with Crippen LogP contribution in [0.25, 0.3) is 0 Å². The topological polar surface area (TPSA) is 47.6 Å². The highest BCUT2D eigenvalue weighted by Crippen LogP contribution is 2.28. The Bertz CT molecular complexity index is 457. The molecule has 4 nitrogen and oxygen atoms in total. The van der Waals surface area contributed by atoms with Crippen LogP contribution in [0.3, 0.4) is 0 Å². The van der Waals surface area contributed by atoms with Crippen molar-refractivity contribution >= 4 is 17.7 Å². The van der Waals surface area contributed by atoms with E-state index in [1.54, 1.807) is 26.2 Å². The highest BCUT2D eigenvalue weighted by molar-refractivity contribution is 7.99. The van der Waals surface area contributed by atoms with Crippen molar-refractivity contribution in [2.75, 3.05) is 19.4 Å². The van der Waals surface area contributed by atoms with E-state index in [1.165, 1.54) is 25.7 Å². The van der Waals surface area contributed by atoms with E-state index in [0.29, 0.717) is 12.3 Å². The summed E-state index contributed by atoms with van der Waals surface area (Å²) in [5.74, 6) is 2.35. The summed E-state index contributed by atoms with van der Waals surface area (Å²) in [6, 6.07) is 7.24. The van der Waals surface area contributed by atoms with Gasteiger partial charge in [0.25, 0.3) is 5.91 Å². The first-order chi connectivity index (χ1) is 10.7. The van der Waals surface area contributed by atoms with Crippen molar-refractivity contribution in [3.05, 3.63) is 24.3 Å². The van der Waals surface area contributed by atoms with Gasteiger partial charge >= 0.3 is 0 Å². The molecule has 1 amide bonds. The van der Waals surface area contributed by atoms with Crippen LogP contribution in [-0.2, 0) is 4.79 Å². The molecule has 5 heteroatoms. The first kappa shape index (κ1) is 17.0. The molecule has 122 valence electrons. The standard InChI is InChI=1S/C17H25NO3S/c1-13(21-15-9-7-14(20-2)8-10-15)17(19)18-11-12-22-16-5-3-4-6-16/h7-10,13,16H,3-6,11-12H2,1-2H3,(H,18,19)/t13-/m1/s1. The van der Waals surface area contributed by atoms with Gasteiger partial charge in [-0.2, -0.15) is 11.8 Å². The molecule has 1 aromatic carbocycles. The molecule has 0 saturated heterocycles. The second-order valence-corrected chi connectivity index (χ2v) is 6.91. The average molecular weight is 323 g/mol. The number of carbonyl (C=O) groups is 1. The quantitative estimate of drug-likeness (QED) is 0.746. The second kappa shape index (κ2) is 8.93. The third-order valence-electron chi connectivity index (χ3n) is 3.80. The second-order valence-electron chi connectivity index (χ2n) is 5.50. The first-order valence-electron chi connectivity index (χ1n) is 7.89. The van der Waals surface area contributed by atoms with Crippen molar-refractivity contribution in [2.24, 2.45) is 0 Å². The van der Waals surface area contributed by atoms with E-state index in [9.17, 15) is 4.79 Å². The van der Waals surface area contributed by atoms with Gasteiger partial charge in [0.2, 0.25) is 0 Å². The summed E-state index contributed by atoms with van der Waals surface area (Å²) in [6.45, 7) is 2.47. The van der Waals surface area contributed by atoms with Crippen LogP contribution in [0.15, 0.2) is 24.3 Å². The Balaban J connectivity index is 1.65. The van der Waals surface area contributed by atoms with Crippen LogP contribution in [0.4, 0.5) is 0 Å². The highest BCUT2D eigenvalue weighted by atomic mass is 32.2. The molecule has 1 aliphatic rings.